The zero-order chi connectivity index (χ0) is 14.9. The third-order valence-corrected chi connectivity index (χ3v) is 4.89. The van der Waals surface area contributed by atoms with Gasteiger partial charge in [-0.15, -0.1) is 0 Å². The molecule has 0 amide bonds. The zero-order valence-corrected chi connectivity index (χ0v) is 12.1. The fourth-order valence-corrected chi connectivity index (χ4v) is 3.26. The van der Waals surface area contributed by atoms with E-state index in [0.29, 0.717) is 0 Å². The third kappa shape index (κ3) is 2.75. The lowest BCUT2D eigenvalue weighted by atomic mass is 10.1. The highest BCUT2D eigenvalue weighted by atomic mass is 32.2. The molecular formula is C12H17N3O4S. The van der Waals surface area contributed by atoms with E-state index >= 15 is 0 Å². The Kier molecular flexibility index (Phi) is 3.96. The molecule has 1 aliphatic heterocycles. The molecule has 0 radical (unpaired) electrons. The lowest BCUT2D eigenvalue weighted by molar-refractivity contribution is -0.140. The van der Waals surface area contributed by atoms with Crippen LogP contribution < -0.4 is 0 Å². The molecule has 110 valence electrons. The standard InChI is InChI=1S/C12H17N3O4S/c1-9(2)14-7-11(13-8-14)20(18,19)15-5-3-4-10(6-15)12(16)17/h3-4,7-10H,5-6H2,1-2H3,(H,16,17). The van der Waals surface area contributed by atoms with Gasteiger partial charge >= 0.3 is 5.97 Å². The van der Waals surface area contributed by atoms with Gasteiger partial charge in [-0.05, 0) is 13.8 Å². The Morgan fingerprint density at radius 3 is 2.75 bits per heavy atom. The molecule has 0 bridgehead atoms. The molecule has 1 aliphatic rings. The average molecular weight is 299 g/mol. The summed E-state index contributed by atoms with van der Waals surface area (Å²) in [5.41, 5.74) is 0. The highest BCUT2D eigenvalue weighted by Crippen LogP contribution is 2.20. The number of imidazole rings is 1. The van der Waals surface area contributed by atoms with Crippen molar-refractivity contribution >= 4 is 16.0 Å². The van der Waals surface area contributed by atoms with E-state index in [1.54, 1.807) is 10.6 Å². The summed E-state index contributed by atoms with van der Waals surface area (Å²) in [4.78, 5) is 14.9. The predicted molar refractivity (Wildman–Crippen MR) is 71.6 cm³/mol. The van der Waals surface area contributed by atoms with Crippen molar-refractivity contribution in [2.24, 2.45) is 5.92 Å². The van der Waals surface area contributed by atoms with Gasteiger partial charge in [0, 0.05) is 25.3 Å². The predicted octanol–water partition coefficient (Wildman–Crippen LogP) is 0.725. The third-order valence-electron chi connectivity index (χ3n) is 3.17. The van der Waals surface area contributed by atoms with Crippen LogP contribution >= 0.6 is 0 Å². The molecule has 0 aliphatic carbocycles. The Balaban J connectivity index is 2.26. The molecule has 1 aromatic heterocycles. The second-order valence-corrected chi connectivity index (χ2v) is 6.83. The van der Waals surface area contributed by atoms with E-state index in [4.69, 9.17) is 5.11 Å². The average Bonchev–Trinajstić information content (AvgIpc) is 2.89. The number of carboxylic acid groups (broad SMARTS) is 1. The van der Waals surface area contributed by atoms with E-state index in [1.165, 1.54) is 18.6 Å². The molecule has 0 saturated heterocycles. The monoisotopic (exact) mass is 299 g/mol. The quantitative estimate of drug-likeness (QED) is 0.827. The summed E-state index contributed by atoms with van der Waals surface area (Å²) in [5, 5.41) is 8.93. The first kappa shape index (κ1) is 14.7. The van der Waals surface area contributed by atoms with Crippen molar-refractivity contribution in [3.63, 3.8) is 0 Å². The molecule has 1 unspecified atom stereocenters. The van der Waals surface area contributed by atoms with Crippen LogP contribution in [0.1, 0.15) is 19.9 Å². The normalized spacial score (nSPS) is 20.4. The number of aromatic nitrogens is 2. The number of aliphatic carboxylic acids is 1. The molecule has 0 saturated carbocycles. The van der Waals surface area contributed by atoms with Crippen LogP contribution in [0.25, 0.3) is 0 Å². The minimum Gasteiger partial charge on any atom is -0.481 e. The lowest BCUT2D eigenvalue weighted by Crippen LogP contribution is -2.40. The summed E-state index contributed by atoms with van der Waals surface area (Å²) in [7, 11) is -3.75. The lowest BCUT2D eigenvalue weighted by Gasteiger charge is -2.25. The van der Waals surface area contributed by atoms with Crippen LogP contribution in [0.2, 0.25) is 0 Å². The van der Waals surface area contributed by atoms with Gasteiger partial charge in [0.25, 0.3) is 10.0 Å². The second-order valence-electron chi connectivity index (χ2n) is 4.95. The number of nitrogens with zero attached hydrogens (tertiary/aromatic N) is 3. The molecule has 20 heavy (non-hydrogen) atoms. The van der Waals surface area contributed by atoms with Gasteiger partial charge in [0.2, 0.25) is 0 Å². The van der Waals surface area contributed by atoms with E-state index in [9.17, 15) is 13.2 Å². The largest absolute Gasteiger partial charge is 0.481 e. The Morgan fingerprint density at radius 1 is 1.50 bits per heavy atom. The molecule has 0 spiro atoms. The van der Waals surface area contributed by atoms with Crippen molar-refractivity contribution in [2.45, 2.75) is 24.9 Å². The van der Waals surface area contributed by atoms with Crippen molar-refractivity contribution in [1.82, 2.24) is 13.9 Å². The van der Waals surface area contributed by atoms with Crippen LogP contribution in [0.5, 0.6) is 0 Å². The maximum absolute atomic E-state index is 12.4. The molecule has 7 nitrogen and oxygen atoms in total. The molecule has 1 N–H and O–H groups in total. The molecule has 2 rings (SSSR count). The van der Waals surface area contributed by atoms with E-state index in [1.807, 2.05) is 13.8 Å². The number of carbonyl (C=O) groups is 1. The molecule has 8 heteroatoms. The number of sulfonamides is 1. The van der Waals surface area contributed by atoms with Gasteiger partial charge in [0.1, 0.15) is 0 Å². The van der Waals surface area contributed by atoms with Crippen molar-refractivity contribution < 1.29 is 18.3 Å². The van der Waals surface area contributed by atoms with Gasteiger partial charge in [0.05, 0.1) is 12.2 Å². The summed E-state index contributed by atoms with van der Waals surface area (Å²) < 4.78 is 27.7. The topological polar surface area (TPSA) is 92.5 Å². The summed E-state index contributed by atoms with van der Waals surface area (Å²) in [6.45, 7) is 3.94. The smallest absolute Gasteiger partial charge is 0.311 e. The summed E-state index contributed by atoms with van der Waals surface area (Å²) >= 11 is 0. The van der Waals surface area contributed by atoms with Crippen molar-refractivity contribution in [1.29, 1.82) is 0 Å². The van der Waals surface area contributed by atoms with E-state index < -0.39 is 21.9 Å². The Labute approximate surface area is 117 Å². The molecule has 0 fully saturated rings. The van der Waals surface area contributed by atoms with Gasteiger partial charge < -0.3 is 9.67 Å². The van der Waals surface area contributed by atoms with Crippen LogP contribution in [0.3, 0.4) is 0 Å². The van der Waals surface area contributed by atoms with E-state index in [0.717, 1.165) is 4.31 Å². The Morgan fingerprint density at radius 2 is 2.20 bits per heavy atom. The van der Waals surface area contributed by atoms with Gasteiger partial charge in [-0.2, -0.15) is 4.31 Å². The molecule has 1 aromatic rings. The van der Waals surface area contributed by atoms with Gasteiger partial charge in [-0.1, -0.05) is 12.2 Å². The van der Waals surface area contributed by atoms with E-state index in [-0.39, 0.29) is 24.2 Å². The van der Waals surface area contributed by atoms with Crippen LogP contribution in [0.15, 0.2) is 29.7 Å². The molecule has 2 heterocycles. The maximum Gasteiger partial charge on any atom is 0.311 e. The summed E-state index contributed by atoms with van der Waals surface area (Å²) in [6.07, 6.45) is 6.00. The van der Waals surface area contributed by atoms with Crippen LogP contribution in [-0.2, 0) is 14.8 Å². The van der Waals surface area contributed by atoms with Gasteiger partial charge in [-0.25, -0.2) is 13.4 Å². The van der Waals surface area contributed by atoms with Gasteiger partial charge in [0.15, 0.2) is 5.03 Å². The molecule has 0 aromatic carbocycles. The van der Waals surface area contributed by atoms with Gasteiger partial charge in [-0.3, -0.25) is 4.79 Å². The van der Waals surface area contributed by atoms with Crippen LogP contribution in [0.4, 0.5) is 0 Å². The molecular weight excluding hydrogens is 282 g/mol. The zero-order valence-electron chi connectivity index (χ0n) is 11.3. The number of rotatable bonds is 4. The van der Waals surface area contributed by atoms with Crippen molar-refractivity contribution in [3.05, 3.63) is 24.7 Å². The number of carboxylic acids is 1. The van der Waals surface area contributed by atoms with Crippen LogP contribution in [0, 0.1) is 5.92 Å². The SMILES string of the molecule is CC(C)n1cnc(S(=O)(=O)N2CC=CC(C(=O)O)C2)c1. The van der Waals surface area contributed by atoms with Crippen molar-refractivity contribution in [3.8, 4) is 0 Å². The number of hydrogen-bond acceptors (Lipinski definition) is 4. The number of hydrogen-bond donors (Lipinski definition) is 1. The highest BCUT2D eigenvalue weighted by molar-refractivity contribution is 7.89. The first-order valence-electron chi connectivity index (χ1n) is 6.25. The summed E-state index contributed by atoms with van der Waals surface area (Å²) in [6, 6.07) is 0.111. The second kappa shape index (κ2) is 5.37. The summed E-state index contributed by atoms with van der Waals surface area (Å²) in [5.74, 6) is -1.85. The fourth-order valence-electron chi connectivity index (χ4n) is 1.92. The maximum atomic E-state index is 12.4. The minimum atomic E-state index is -3.75. The fraction of sp³-hybridized carbons (Fsp3) is 0.500. The first-order valence-corrected chi connectivity index (χ1v) is 7.69. The highest BCUT2D eigenvalue weighted by Gasteiger charge is 2.32. The Bertz CT molecular complexity index is 633. The first-order chi connectivity index (χ1) is 9.32. The van der Waals surface area contributed by atoms with Crippen LogP contribution in [-0.4, -0.2) is 46.4 Å². The van der Waals surface area contributed by atoms with E-state index in [2.05, 4.69) is 4.98 Å². The van der Waals surface area contributed by atoms with Crippen molar-refractivity contribution in [2.75, 3.05) is 13.1 Å². The minimum absolute atomic E-state index is 0.0503. The molecule has 1 atom stereocenters. The Hall–Kier alpha value is -1.67.